The van der Waals surface area contributed by atoms with Gasteiger partial charge in [0, 0.05) is 52.4 Å². The fourth-order valence-corrected chi connectivity index (χ4v) is 10.3. The normalized spacial score (nSPS) is 12.4. The molecule has 0 saturated carbocycles. The molecule has 0 unspecified atom stereocenters. The number of rotatable bonds is 30. The zero-order valence-corrected chi connectivity index (χ0v) is 54.9. The summed E-state index contributed by atoms with van der Waals surface area (Å²) in [7, 11) is 0. The van der Waals surface area contributed by atoms with Crippen LogP contribution in [0.3, 0.4) is 0 Å². The van der Waals surface area contributed by atoms with Gasteiger partial charge in [-0.1, -0.05) is 102 Å². The van der Waals surface area contributed by atoms with Crippen LogP contribution < -0.4 is 0 Å². The smallest absolute Gasteiger partial charge is 0.341 e. The van der Waals surface area contributed by atoms with E-state index < -0.39 is 294 Å². The van der Waals surface area contributed by atoms with Crippen molar-refractivity contribution >= 4 is 58.3 Å². The first-order chi connectivity index (χ1) is 47.8. The standard InChI is InChI=1S/C61H54F15N15O11/c1-12-60(15-98-55(92)30-25(20(2)3)40(67)50(82-87-77)45(72)35(30)62,16-99-56(93)31-26(21(4)5)41(68)51(83-88-78)46(73)36(31)63)13-97-14-61(17-100-57(94)32-27(22(6)7)42(69)52(84-89-79)47(74)37(32)64,18-101-58(95)33-28(23(8)9)43(70)53(85-90-80)48(75)38(33)65)19-102-59(96)34-29(24(10)11)44(71)54(86-91-81)49(76)39(34)66/h20-24H,12-19H2,1-11H3. The Hall–Kier alpha value is -11.1. The molecule has 0 heterocycles. The van der Waals surface area contributed by atoms with Crippen molar-refractivity contribution < 1.29 is 118 Å². The molecule has 5 aromatic rings. The first-order valence-corrected chi connectivity index (χ1v) is 29.5. The summed E-state index contributed by atoms with van der Waals surface area (Å²) in [5.74, 6) is -49.3. The molecule has 0 amide bonds. The summed E-state index contributed by atoms with van der Waals surface area (Å²) < 4.78 is 272. The Kier molecular flexibility index (Phi) is 27.1. The van der Waals surface area contributed by atoms with Gasteiger partial charge in [0.15, 0.2) is 58.2 Å². The molecule has 0 fully saturated rings. The number of carbonyl (C=O) groups is 5. The first-order valence-electron chi connectivity index (χ1n) is 29.5. The third-order valence-corrected chi connectivity index (χ3v) is 15.4. The van der Waals surface area contributed by atoms with Gasteiger partial charge in [-0.25, -0.2) is 89.8 Å². The van der Waals surface area contributed by atoms with Crippen LogP contribution in [0.4, 0.5) is 94.3 Å². The van der Waals surface area contributed by atoms with Gasteiger partial charge < -0.3 is 28.4 Å². The Labute approximate surface area is 565 Å². The van der Waals surface area contributed by atoms with E-state index in [2.05, 4.69) is 50.1 Å². The Morgan fingerprint density at radius 2 is 0.461 bits per heavy atom. The van der Waals surface area contributed by atoms with Crippen LogP contribution in [0.25, 0.3) is 52.2 Å². The van der Waals surface area contributed by atoms with Crippen molar-refractivity contribution in [2.45, 2.75) is 112 Å². The van der Waals surface area contributed by atoms with Crippen molar-refractivity contribution in [2.75, 3.05) is 46.2 Å². The fraction of sp³-hybridized carbons (Fsp3) is 0.426. The molecule has 0 spiro atoms. The summed E-state index contributed by atoms with van der Waals surface area (Å²) in [4.78, 5) is 82.6. The van der Waals surface area contributed by atoms with Crippen molar-refractivity contribution in [1.82, 2.24) is 0 Å². The molecule has 0 aromatic heterocycles. The molecule has 5 rings (SSSR count). The van der Waals surface area contributed by atoms with Crippen LogP contribution >= 0.6 is 0 Å². The highest BCUT2D eigenvalue weighted by atomic mass is 19.2. The largest absolute Gasteiger partial charge is 0.461 e. The van der Waals surface area contributed by atoms with E-state index in [1.807, 2.05) is 0 Å². The van der Waals surface area contributed by atoms with Gasteiger partial charge in [0.2, 0.25) is 0 Å². The van der Waals surface area contributed by atoms with Crippen molar-refractivity contribution in [3.8, 4) is 0 Å². The lowest BCUT2D eigenvalue weighted by molar-refractivity contribution is -0.102. The van der Waals surface area contributed by atoms with Gasteiger partial charge in [-0.2, -0.15) is 0 Å². The van der Waals surface area contributed by atoms with E-state index in [1.165, 1.54) is 0 Å². The van der Waals surface area contributed by atoms with Crippen LogP contribution in [0.1, 0.15) is 192 Å². The number of halogens is 15. The van der Waals surface area contributed by atoms with Gasteiger partial charge in [-0.05, 0) is 63.7 Å². The molecule has 0 aliphatic carbocycles. The molecule has 41 heteroatoms. The molecule has 5 aromatic carbocycles. The van der Waals surface area contributed by atoms with Gasteiger partial charge in [-0.3, -0.25) is 0 Å². The van der Waals surface area contributed by atoms with Crippen molar-refractivity contribution in [2.24, 2.45) is 36.4 Å². The van der Waals surface area contributed by atoms with E-state index in [-0.39, 0.29) is 0 Å². The predicted molar refractivity (Wildman–Crippen MR) is 323 cm³/mol. The lowest BCUT2D eigenvalue weighted by Crippen LogP contribution is -2.46. The number of hydrogen-bond acceptors (Lipinski definition) is 16. The Morgan fingerprint density at radius 3 is 0.618 bits per heavy atom. The molecular formula is C61H54F15N15O11. The molecule has 544 valence electrons. The van der Waals surface area contributed by atoms with E-state index in [0.717, 1.165) is 76.2 Å². The van der Waals surface area contributed by atoms with E-state index in [9.17, 15) is 24.0 Å². The molecule has 0 atom stereocenters. The van der Waals surface area contributed by atoms with Crippen LogP contribution in [0, 0.1) is 98.1 Å². The summed E-state index contributed by atoms with van der Waals surface area (Å²) in [6, 6.07) is 0. The zero-order chi connectivity index (χ0) is 77.1. The molecule has 0 aliphatic rings. The molecule has 0 bridgehead atoms. The summed E-state index contributed by atoms with van der Waals surface area (Å²) >= 11 is 0. The maximum Gasteiger partial charge on any atom is 0.341 e. The number of esters is 5. The second-order valence-electron chi connectivity index (χ2n) is 23.8. The average molecular weight is 1460 g/mol. The van der Waals surface area contributed by atoms with E-state index in [1.54, 1.807) is 0 Å². The van der Waals surface area contributed by atoms with Crippen molar-refractivity contribution in [1.29, 1.82) is 0 Å². The summed E-state index contributed by atoms with van der Waals surface area (Å²) in [6.07, 6.45) is -0.712. The van der Waals surface area contributed by atoms with Crippen LogP contribution in [-0.4, -0.2) is 76.1 Å². The van der Waals surface area contributed by atoms with Crippen molar-refractivity contribution in [3.63, 3.8) is 0 Å². The summed E-state index contributed by atoms with van der Waals surface area (Å²) in [5, 5.41) is 13.9. The zero-order valence-electron chi connectivity index (χ0n) is 54.9. The number of azide groups is 5. The van der Waals surface area contributed by atoms with Gasteiger partial charge in [0.1, 0.15) is 118 Å². The van der Waals surface area contributed by atoms with Gasteiger partial charge >= 0.3 is 29.8 Å². The highest BCUT2D eigenvalue weighted by Crippen LogP contribution is 2.43. The van der Waals surface area contributed by atoms with E-state index >= 15 is 65.9 Å². The highest BCUT2D eigenvalue weighted by molar-refractivity contribution is 5.95. The van der Waals surface area contributed by atoms with E-state index in [0.29, 0.717) is 0 Å². The summed E-state index contributed by atoms with van der Waals surface area (Å²) in [5.41, 5.74) is 18.3. The molecule has 0 saturated heterocycles. The minimum absolute atomic E-state index is 0.712. The number of ether oxygens (including phenoxy) is 6. The van der Waals surface area contributed by atoms with Crippen LogP contribution in [0.5, 0.6) is 0 Å². The lowest BCUT2D eigenvalue weighted by atomic mass is 9.87. The average Bonchev–Trinajstić information content (AvgIpc) is 0.797. The number of hydrogen-bond donors (Lipinski definition) is 0. The molecule has 0 N–H and O–H groups in total. The van der Waals surface area contributed by atoms with E-state index in [4.69, 9.17) is 56.1 Å². The second-order valence-corrected chi connectivity index (χ2v) is 23.8. The van der Waals surface area contributed by atoms with Crippen LogP contribution in [0.2, 0.25) is 0 Å². The lowest BCUT2D eigenvalue weighted by Gasteiger charge is -2.36. The maximum atomic E-state index is 16.2. The van der Waals surface area contributed by atoms with Gasteiger partial charge in [0.05, 0.1) is 24.0 Å². The minimum Gasteiger partial charge on any atom is -0.461 e. The third kappa shape index (κ3) is 16.4. The molecule has 102 heavy (non-hydrogen) atoms. The second kappa shape index (κ2) is 33.8. The molecule has 0 radical (unpaired) electrons. The van der Waals surface area contributed by atoms with Crippen LogP contribution in [0.15, 0.2) is 25.6 Å². The highest BCUT2D eigenvalue weighted by Gasteiger charge is 2.44. The molecule has 0 aliphatic heterocycles. The van der Waals surface area contributed by atoms with Crippen LogP contribution in [-0.2, 0) is 28.4 Å². The van der Waals surface area contributed by atoms with Crippen molar-refractivity contribution in [3.05, 3.63) is 195 Å². The first kappa shape index (κ1) is 81.6. The molecular weight excluding hydrogens is 1400 g/mol. The number of benzene rings is 5. The Balaban J connectivity index is 1.86. The van der Waals surface area contributed by atoms with Gasteiger partial charge in [0.25, 0.3) is 0 Å². The summed E-state index contributed by atoms with van der Waals surface area (Å²) in [6.45, 7) is 0.989. The van der Waals surface area contributed by atoms with Gasteiger partial charge in [-0.15, -0.1) is 0 Å². The molecule has 26 nitrogen and oxygen atoms in total. The maximum absolute atomic E-state index is 16.2. The Bertz CT molecular complexity index is 4150. The SMILES string of the molecule is CCC(COCC(COC(=O)c1c(F)c(F)c(N=[N+]=[N-])c(F)c1C(C)C)(COC(=O)c1c(F)c(F)c(N=[N+]=[N-])c(F)c1C(C)C)COC(=O)c1c(F)c(F)c(N=[N+]=[N-])c(F)c1C(C)C)(COC(=O)c1c(F)c(F)c(N=[N+]=[N-])c(F)c1C(C)C)COC(=O)c1c(F)c(F)c(N=[N+]=[N-])c(F)c1C(C)C. The number of nitrogens with zero attached hydrogens (tertiary/aromatic N) is 15. The fourth-order valence-electron chi connectivity index (χ4n) is 10.3. The number of carbonyl (C=O) groups excluding carboxylic acids is 5. The predicted octanol–water partition coefficient (Wildman–Crippen LogP) is 20.1. The topological polar surface area (TPSA) is 385 Å². The monoisotopic (exact) mass is 1460 g/mol. The Morgan fingerprint density at radius 1 is 0.294 bits per heavy atom. The third-order valence-electron chi connectivity index (χ3n) is 15.4. The minimum atomic E-state index is -3.06. The quantitative estimate of drug-likeness (QED) is 0.00790.